The van der Waals surface area contributed by atoms with E-state index in [-0.39, 0.29) is 6.42 Å². The molecule has 1 aliphatic rings. The molecule has 3 nitrogen and oxygen atoms in total. The molecule has 0 fully saturated rings. The lowest BCUT2D eigenvalue weighted by Crippen LogP contribution is -2.31. The summed E-state index contributed by atoms with van der Waals surface area (Å²) in [4.78, 5) is 2.00. The van der Waals surface area contributed by atoms with E-state index in [1.54, 1.807) is 6.26 Å². The topological polar surface area (TPSA) is 28.4 Å². The van der Waals surface area contributed by atoms with Crippen LogP contribution < -0.4 is 5.32 Å². The van der Waals surface area contributed by atoms with Crippen LogP contribution in [0.2, 0.25) is 0 Å². The molecule has 2 rings (SSSR count). The van der Waals surface area contributed by atoms with Crippen molar-refractivity contribution in [3.8, 4) is 0 Å². The lowest BCUT2D eigenvalue weighted by molar-refractivity contribution is -0.0960. The van der Waals surface area contributed by atoms with Crippen molar-refractivity contribution in [2.75, 3.05) is 19.6 Å². The lowest BCUT2D eigenvalue weighted by atomic mass is 10.1. The van der Waals surface area contributed by atoms with E-state index in [4.69, 9.17) is 4.42 Å². The van der Waals surface area contributed by atoms with Gasteiger partial charge in [-0.25, -0.2) is 0 Å². The van der Waals surface area contributed by atoms with Crippen LogP contribution in [-0.2, 0) is 13.1 Å². The van der Waals surface area contributed by atoms with Crippen molar-refractivity contribution in [2.24, 2.45) is 0 Å². The third-order valence-electron chi connectivity index (χ3n) is 3.42. The van der Waals surface area contributed by atoms with E-state index in [0.29, 0.717) is 26.2 Å². The second-order valence-corrected chi connectivity index (χ2v) is 4.86. The summed E-state index contributed by atoms with van der Waals surface area (Å²) in [5.41, 5.74) is 0.628. The van der Waals surface area contributed by atoms with Crippen molar-refractivity contribution in [3.05, 3.63) is 35.3 Å². The van der Waals surface area contributed by atoms with Gasteiger partial charge in [0.2, 0.25) is 0 Å². The molecule has 0 saturated heterocycles. The number of hydrogen-bond donors (Lipinski definition) is 1. The lowest BCUT2D eigenvalue weighted by Gasteiger charge is -2.27. The average Bonchev–Trinajstić information content (AvgIpc) is 2.83. The van der Waals surface area contributed by atoms with Crippen LogP contribution in [0.15, 0.2) is 28.4 Å². The zero-order chi connectivity index (χ0) is 14.6. The van der Waals surface area contributed by atoms with E-state index in [1.165, 1.54) is 6.08 Å². The maximum absolute atomic E-state index is 12.5. The summed E-state index contributed by atoms with van der Waals surface area (Å²) in [6.45, 7) is 4.89. The number of nitrogens with zero attached hydrogens (tertiary/aromatic N) is 1. The van der Waals surface area contributed by atoms with Crippen LogP contribution in [0.4, 0.5) is 13.2 Å². The van der Waals surface area contributed by atoms with Crippen molar-refractivity contribution in [3.63, 3.8) is 0 Å². The molecule has 0 bridgehead atoms. The summed E-state index contributed by atoms with van der Waals surface area (Å²) in [5.74, 6) is 0.859. The van der Waals surface area contributed by atoms with Crippen molar-refractivity contribution >= 4 is 0 Å². The third kappa shape index (κ3) is 3.86. The van der Waals surface area contributed by atoms with Gasteiger partial charge >= 0.3 is 6.18 Å². The molecule has 112 valence electrons. The Hall–Kier alpha value is -1.27. The van der Waals surface area contributed by atoms with Crippen LogP contribution in [0.5, 0.6) is 0 Å². The average molecular weight is 288 g/mol. The molecule has 1 aliphatic heterocycles. The van der Waals surface area contributed by atoms with Gasteiger partial charge in [-0.2, -0.15) is 13.2 Å². The molecule has 1 N–H and O–H groups in total. The van der Waals surface area contributed by atoms with Gasteiger partial charge in [0.05, 0.1) is 12.8 Å². The zero-order valence-corrected chi connectivity index (χ0v) is 11.5. The van der Waals surface area contributed by atoms with Gasteiger partial charge in [0.15, 0.2) is 0 Å². The Bertz CT molecular complexity index is 465. The van der Waals surface area contributed by atoms with E-state index in [2.05, 4.69) is 5.32 Å². The van der Waals surface area contributed by atoms with E-state index in [0.717, 1.165) is 17.9 Å². The Morgan fingerprint density at radius 2 is 2.20 bits per heavy atom. The van der Waals surface area contributed by atoms with Crippen molar-refractivity contribution in [1.82, 2.24) is 10.2 Å². The molecule has 1 aromatic heterocycles. The second kappa shape index (κ2) is 6.45. The first kappa shape index (κ1) is 15.1. The van der Waals surface area contributed by atoms with Gasteiger partial charge in [0.1, 0.15) is 5.76 Å². The van der Waals surface area contributed by atoms with Crippen LogP contribution >= 0.6 is 0 Å². The quantitative estimate of drug-likeness (QED) is 0.844. The van der Waals surface area contributed by atoms with Crippen LogP contribution in [0.25, 0.3) is 0 Å². The highest BCUT2D eigenvalue weighted by Crippen LogP contribution is 2.30. The zero-order valence-electron chi connectivity index (χ0n) is 11.5. The first-order valence-electron chi connectivity index (χ1n) is 6.75. The molecule has 0 amide bonds. The SMILES string of the molecule is CCNCc1occc1CN1CC=C(C(F)(F)F)CC1. The fourth-order valence-corrected chi connectivity index (χ4v) is 2.25. The predicted octanol–water partition coefficient (Wildman–Crippen LogP) is 3.08. The number of hydrogen-bond acceptors (Lipinski definition) is 3. The molecule has 0 radical (unpaired) electrons. The molecule has 0 unspecified atom stereocenters. The van der Waals surface area contributed by atoms with Gasteiger partial charge in [0, 0.05) is 30.8 Å². The minimum absolute atomic E-state index is 0.0594. The van der Waals surface area contributed by atoms with Crippen LogP contribution in [0.1, 0.15) is 24.7 Å². The first-order chi connectivity index (χ1) is 9.50. The summed E-state index contributed by atoms with van der Waals surface area (Å²) >= 11 is 0. The molecule has 0 aromatic carbocycles. The number of nitrogens with one attached hydrogen (secondary N) is 1. The highest BCUT2D eigenvalue weighted by Gasteiger charge is 2.34. The number of rotatable bonds is 5. The Morgan fingerprint density at radius 1 is 1.40 bits per heavy atom. The number of alkyl halides is 3. The molecule has 0 saturated carbocycles. The van der Waals surface area contributed by atoms with Crippen LogP contribution in [0.3, 0.4) is 0 Å². The maximum Gasteiger partial charge on any atom is 0.412 e. The Balaban J connectivity index is 1.93. The van der Waals surface area contributed by atoms with Gasteiger partial charge in [0.25, 0.3) is 0 Å². The largest absolute Gasteiger partial charge is 0.468 e. The third-order valence-corrected chi connectivity index (χ3v) is 3.42. The van der Waals surface area contributed by atoms with E-state index in [1.807, 2.05) is 17.9 Å². The Morgan fingerprint density at radius 3 is 2.80 bits per heavy atom. The summed E-state index contributed by atoms with van der Waals surface area (Å²) in [5, 5.41) is 3.18. The molecular formula is C14H19F3N2O. The molecule has 2 heterocycles. The normalized spacial score (nSPS) is 17.3. The van der Waals surface area contributed by atoms with E-state index < -0.39 is 11.7 Å². The monoisotopic (exact) mass is 288 g/mol. The minimum Gasteiger partial charge on any atom is -0.468 e. The molecule has 6 heteroatoms. The van der Waals surface area contributed by atoms with Gasteiger partial charge < -0.3 is 9.73 Å². The molecule has 0 spiro atoms. The Labute approximate surface area is 116 Å². The molecule has 0 aliphatic carbocycles. The highest BCUT2D eigenvalue weighted by atomic mass is 19.4. The molecule has 0 atom stereocenters. The van der Waals surface area contributed by atoms with Gasteiger partial charge in [-0.1, -0.05) is 13.0 Å². The molecule has 20 heavy (non-hydrogen) atoms. The van der Waals surface area contributed by atoms with Crippen LogP contribution in [0, 0.1) is 0 Å². The van der Waals surface area contributed by atoms with Gasteiger partial charge in [-0.3, -0.25) is 4.90 Å². The molecular weight excluding hydrogens is 269 g/mol. The summed E-state index contributed by atoms with van der Waals surface area (Å²) in [7, 11) is 0. The predicted molar refractivity (Wildman–Crippen MR) is 70.1 cm³/mol. The van der Waals surface area contributed by atoms with Gasteiger partial charge in [-0.05, 0) is 19.0 Å². The van der Waals surface area contributed by atoms with E-state index >= 15 is 0 Å². The maximum atomic E-state index is 12.5. The highest BCUT2D eigenvalue weighted by molar-refractivity contribution is 5.19. The summed E-state index contributed by atoms with van der Waals surface area (Å²) < 4.78 is 43.0. The second-order valence-electron chi connectivity index (χ2n) is 4.86. The van der Waals surface area contributed by atoms with E-state index in [9.17, 15) is 13.2 Å². The molecule has 1 aromatic rings. The summed E-state index contributed by atoms with van der Waals surface area (Å²) in [6.07, 6.45) is -1.21. The smallest absolute Gasteiger partial charge is 0.412 e. The fraction of sp³-hybridized carbons (Fsp3) is 0.571. The minimum atomic E-state index is -4.18. The van der Waals surface area contributed by atoms with Crippen molar-refractivity contribution in [1.29, 1.82) is 0 Å². The first-order valence-corrected chi connectivity index (χ1v) is 6.75. The van der Waals surface area contributed by atoms with Crippen molar-refractivity contribution < 1.29 is 17.6 Å². The van der Waals surface area contributed by atoms with Gasteiger partial charge in [-0.15, -0.1) is 0 Å². The Kier molecular flexibility index (Phi) is 4.88. The number of halogens is 3. The standard InChI is InChI=1S/C14H19F3N2O/c1-2-18-9-13-11(5-8-20-13)10-19-6-3-12(4-7-19)14(15,16)17/h3,5,8,18H,2,4,6-7,9-10H2,1H3. The van der Waals surface area contributed by atoms with Crippen LogP contribution in [-0.4, -0.2) is 30.7 Å². The fourth-order valence-electron chi connectivity index (χ4n) is 2.25. The summed E-state index contributed by atoms with van der Waals surface area (Å²) in [6, 6.07) is 1.88. The number of furan rings is 1. The van der Waals surface area contributed by atoms with Crippen molar-refractivity contribution in [2.45, 2.75) is 32.6 Å².